The van der Waals surface area contributed by atoms with Gasteiger partial charge < -0.3 is 25.5 Å². The fourth-order valence-corrected chi connectivity index (χ4v) is 1.85. The van der Waals surface area contributed by atoms with Crippen LogP contribution < -0.4 is 0 Å². The van der Waals surface area contributed by atoms with Crippen molar-refractivity contribution >= 4 is 0 Å². The quantitative estimate of drug-likeness (QED) is 0.382. The van der Waals surface area contributed by atoms with Gasteiger partial charge in [-0.25, -0.2) is 0 Å². The minimum Gasteiger partial charge on any atom is -0.396 e. The fraction of sp³-hybridized carbons (Fsp3) is 1.00. The summed E-state index contributed by atoms with van der Waals surface area (Å²) in [6, 6.07) is 0. The number of aliphatic hydroxyl groups is 5. The van der Waals surface area contributed by atoms with Gasteiger partial charge in [0, 0.05) is 12.5 Å². The van der Waals surface area contributed by atoms with Crippen LogP contribution in [-0.4, -0.2) is 62.2 Å². The minimum absolute atomic E-state index is 0.830. The number of halogens is 3. The van der Waals surface area contributed by atoms with Crippen LogP contribution in [0.5, 0.6) is 0 Å². The van der Waals surface area contributed by atoms with Gasteiger partial charge in [0.1, 0.15) is 12.2 Å². The number of alkyl halides is 3. The van der Waals surface area contributed by atoms with E-state index in [4.69, 9.17) is 10.2 Å². The second-order valence-corrected chi connectivity index (χ2v) is 3.99. The first-order valence-electron chi connectivity index (χ1n) is 4.59. The molecule has 0 heterocycles. The van der Waals surface area contributed by atoms with Gasteiger partial charge in [-0.05, 0) is 6.42 Å². The first-order valence-corrected chi connectivity index (χ1v) is 4.59. The summed E-state index contributed by atoms with van der Waals surface area (Å²) in [4.78, 5) is 0. The monoisotopic (exact) mass is 246 g/mol. The Kier molecular flexibility index (Phi) is 3.51. The van der Waals surface area contributed by atoms with Crippen molar-refractivity contribution < 1.29 is 38.7 Å². The molecule has 1 aliphatic carbocycles. The van der Waals surface area contributed by atoms with Crippen LogP contribution >= 0.6 is 0 Å². The van der Waals surface area contributed by atoms with Crippen molar-refractivity contribution in [1.82, 2.24) is 0 Å². The average Bonchev–Trinajstić information content (AvgIpc) is 2.19. The number of hydrogen-bond acceptors (Lipinski definition) is 5. The van der Waals surface area contributed by atoms with E-state index in [0.29, 0.717) is 0 Å². The Morgan fingerprint density at radius 2 is 1.62 bits per heavy atom. The highest BCUT2D eigenvalue weighted by molar-refractivity contribution is 5.05. The molecule has 0 aromatic heterocycles. The van der Waals surface area contributed by atoms with Crippen LogP contribution in [0.1, 0.15) is 6.42 Å². The van der Waals surface area contributed by atoms with Crippen LogP contribution in [0.4, 0.5) is 13.2 Å². The van der Waals surface area contributed by atoms with Gasteiger partial charge in [0.15, 0.2) is 5.60 Å². The first kappa shape index (κ1) is 13.7. The van der Waals surface area contributed by atoms with Gasteiger partial charge in [-0.3, -0.25) is 0 Å². The van der Waals surface area contributed by atoms with Crippen LogP contribution in [-0.2, 0) is 0 Å². The second-order valence-electron chi connectivity index (χ2n) is 3.99. The Balaban J connectivity index is 3.04. The standard InChI is InChI=1S/C8H13F3O5/c9-8(10,11)7(16)1-3(2-12)4(13)5(14)6(7)15/h3-6,12-16H,1-2H2. The van der Waals surface area contributed by atoms with Crippen molar-refractivity contribution in [2.45, 2.75) is 36.5 Å². The van der Waals surface area contributed by atoms with Crippen LogP contribution in [0.15, 0.2) is 0 Å². The third kappa shape index (κ3) is 1.91. The molecule has 0 aliphatic heterocycles. The average molecular weight is 246 g/mol. The van der Waals surface area contributed by atoms with Gasteiger partial charge in [0.05, 0.1) is 6.10 Å². The highest BCUT2D eigenvalue weighted by Gasteiger charge is 2.64. The molecule has 0 aromatic carbocycles. The van der Waals surface area contributed by atoms with Crippen molar-refractivity contribution in [2.24, 2.45) is 5.92 Å². The summed E-state index contributed by atoms with van der Waals surface area (Å²) in [5, 5.41) is 45.6. The molecular formula is C8H13F3O5. The molecule has 1 rings (SSSR count). The Morgan fingerprint density at radius 1 is 1.12 bits per heavy atom. The van der Waals surface area contributed by atoms with E-state index in [0.717, 1.165) is 0 Å². The summed E-state index contributed by atoms with van der Waals surface area (Å²) in [6.45, 7) is -0.830. The molecule has 1 fully saturated rings. The lowest BCUT2D eigenvalue weighted by molar-refractivity contribution is -0.329. The molecule has 0 aromatic rings. The van der Waals surface area contributed by atoms with Gasteiger partial charge >= 0.3 is 6.18 Å². The van der Waals surface area contributed by atoms with Gasteiger partial charge in [0.25, 0.3) is 0 Å². The molecule has 1 saturated carbocycles. The molecule has 1 aliphatic rings. The predicted octanol–water partition coefficient (Wildman–Crippen LogP) is -1.63. The van der Waals surface area contributed by atoms with Crippen molar-refractivity contribution in [3.8, 4) is 0 Å². The van der Waals surface area contributed by atoms with Crippen molar-refractivity contribution in [3.63, 3.8) is 0 Å². The molecule has 5 N–H and O–H groups in total. The van der Waals surface area contributed by atoms with Crippen LogP contribution in [0.2, 0.25) is 0 Å². The highest BCUT2D eigenvalue weighted by Crippen LogP contribution is 2.43. The number of aliphatic hydroxyl groups excluding tert-OH is 4. The molecule has 8 heteroatoms. The zero-order valence-corrected chi connectivity index (χ0v) is 8.09. The van der Waals surface area contributed by atoms with Gasteiger partial charge in [-0.1, -0.05) is 0 Å². The van der Waals surface area contributed by atoms with Gasteiger partial charge in [0.2, 0.25) is 0 Å². The largest absolute Gasteiger partial charge is 0.419 e. The third-order valence-corrected chi connectivity index (χ3v) is 2.94. The van der Waals surface area contributed by atoms with E-state index in [1.807, 2.05) is 0 Å². The Hall–Kier alpha value is -0.410. The summed E-state index contributed by atoms with van der Waals surface area (Å²) in [5.41, 5.74) is -3.51. The third-order valence-electron chi connectivity index (χ3n) is 2.94. The molecule has 0 amide bonds. The zero-order valence-electron chi connectivity index (χ0n) is 8.09. The van der Waals surface area contributed by atoms with E-state index in [1.54, 1.807) is 0 Å². The fourth-order valence-electron chi connectivity index (χ4n) is 1.85. The Bertz CT molecular complexity index is 257. The summed E-state index contributed by atoms with van der Waals surface area (Å²) in [6.07, 6.45) is -12.6. The summed E-state index contributed by atoms with van der Waals surface area (Å²) in [5.74, 6) is -1.34. The zero-order chi connectivity index (χ0) is 12.7. The van der Waals surface area contributed by atoms with E-state index in [1.165, 1.54) is 0 Å². The van der Waals surface area contributed by atoms with E-state index in [2.05, 4.69) is 0 Å². The van der Waals surface area contributed by atoms with E-state index in [9.17, 15) is 28.5 Å². The molecule has 0 bridgehead atoms. The molecule has 5 unspecified atom stereocenters. The Morgan fingerprint density at radius 3 is 2.00 bits per heavy atom. The molecular weight excluding hydrogens is 233 g/mol. The normalized spacial score (nSPS) is 45.8. The van der Waals surface area contributed by atoms with Gasteiger partial charge in [-0.15, -0.1) is 0 Å². The molecule has 5 nitrogen and oxygen atoms in total. The van der Waals surface area contributed by atoms with Crippen LogP contribution in [0, 0.1) is 5.92 Å². The van der Waals surface area contributed by atoms with Crippen molar-refractivity contribution in [1.29, 1.82) is 0 Å². The topological polar surface area (TPSA) is 101 Å². The maximum atomic E-state index is 12.5. The highest BCUT2D eigenvalue weighted by atomic mass is 19.4. The number of rotatable bonds is 1. The van der Waals surface area contributed by atoms with Gasteiger partial charge in [-0.2, -0.15) is 13.2 Å². The maximum absolute atomic E-state index is 12.5. The first-order chi connectivity index (χ1) is 7.15. The summed E-state index contributed by atoms with van der Waals surface area (Å²) >= 11 is 0. The lowest BCUT2D eigenvalue weighted by Crippen LogP contribution is -2.67. The Labute approximate surface area is 88.8 Å². The van der Waals surface area contributed by atoms with Crippen molar-refractivity contribution in [2.75, 3.05) is 6.61 Å². The smallest absolute Gasteiger partial charge is 0.396 e. The van der Waals surface area contributed by atoms with E-state index >= 15 is 0 Å². The number of hydrogen-bond donors (Lipinski definition) is 5. The molecule has 0 spiro atoms. The SMILES string of the molecule is OCC1CC(O)(C(F)(F)F)C(O)C(O)C1O. The van der Waals surface area contributed by atoms with Crippen molar-refractivity contribution in [3.05, 3.63) is 0 Å². The predicted molar refractivity (Wildman–Crippen MR) is 44.2 cm³/mol. The van der Waals surface area contributed by atoms with Crippen LogP contribution in [0.25, 0.3) is 0 Å². The summed E-state index contributed by atoms with van der Waals surface area (Å²) in [7, 11) is 0. The summed E-state index contributed by atoms with van der Waals surface area (Å²) < 4.78 is 37.5. The molecule has 0 radical (unpaired) electrons. The lowest BCUT2D eigenvalue weighted by atomic mass is 9.72. The molecule has 5 atom stereocenters. The molecule has 96 valence electrons. The maximum Gasteiger partial charge on any atom is 0.419 e. The minimum atomic E-state index is -5.15. The molecule has 0 saturated heterocycles. The van der Waals surface area contributed by atoms with E-state index < -0.39 is 49.0 Å². The lowest BCUT2D eigenvalue weighted by Gasteiger charge is -2.45. The second kappa shape index (κ2) is 4.11. The molecule has 16 heavy (non-hydrogen) atoms. The van der Waals surface area contributed by atoms with E-state index in [-0.39, 0.29) is 0 Å². The van der Waals surface area contributed by atoms with Crippen LogP contribution in [0.3, 0.4) is 0 Å².